The fraction of sp³-hybridized carbons (Fsp3) is 0.250. The van der Waals surface area contributed by atoms with E-state index in [1.807, 2.05) is 36.4 Å². The van der Waals surface area contributed by atoms with Crippen molar-refractivity contribution < 1.29 is 0 Å². The summed E-state index contributed by atoms with van der Waals surface area (Å²) in [6, 6.07) is 13.9. The van der Waals surface area contributed by atoms with Gasteiger partial charge in [-0.1, -0.05) is 60.1 Å². The Morgan fingerprint density at radius 3 is 2.65 bits per heavy atom. The molecule has 0 fully saturated rings. The molecule has 2 aromatic rings. The standard InChI is InChI=1S/C16H17Cl2NS/c1-2-9-19-11-12-5-3-8-15(18)16(12)20-14-7-4-6-13(17)10-14/h3-8,10,19H,2,9,11H2,1H3. The second kappa shape index (κ2) is 7.94. The molecule has 106 valence electrons. The van der Waals surface area contributed by atoms with Crippen molar-refractivity contribution in [1.29, 1.82) is 0 Å². The third kappa shape index (κ3) is 4.42. The summed E-state index contributed by atoms with van der Waals surface area (Å²) >= 11 is 14.0. The Labute approximate surface area is 134 Å². The summed E-state index contributed by atoms with van der Waals surface area (Å²) in [5, 5.41) is 4.94. The first-order valence-corrected chi connectivity index (χ1v) is 8.19. The highest BCUT2D eigenvalue weighted by Gasteiger charge is 2.09. The van der Waals surface area contributed by atoms with Gasteiger partial charge in [-0.25, -0.2) is 0 Å². The summed E-state index contributed by atoms with van der Waals surface area (Å²) < 4.78 is 0. The van der Waals surface area contributed by atoms with Gasteiger partial charge >= 0.3 is 0 Å². The third-order valence-electron chi connectivity index (χ3n) is 2.81. The molecule has 4 heteroatoms. The van der Waals surface area contributed by atoms with Crippen LogP contribution in [0.2, 0.25) is 10.0 Å². The van der Waals surface area contributed by atoms with Crippen molar-refractivity contribution in [3.63, 3.8) is 0 Å². The SMILES string of the molecule is CCCNCc1cccc(Cl)c1Sc1cccc(Cl)c1. The van der Waals surface area contributed by atoms with Gasteiger partial charge < -0.3 is 5.32 Å². The fourth-order valence-electron chi connectivity index (χ4n) is 1.86. The van der Waals surface area contributed by atoms with Crippen LogP contribution in [-0.4, -0.2) is 6.54 Å². The van der Waals surface area contributed by atoms with E-state index in [4.69, 9.17) is 23.2 Å². The van der Waals surface area contributed by atoms with Crippen LogP contribution < -0.4 is 5.32 Å². The molecule has 0 saturated heterocycles. The number of benzene rings is 2. The molecule has 2 aromatic carbocycles. The molecule has 0 bridgehead atoms. The Morgan fingerprint density at radius 2 is 1.90 bits per heavy atom. The van der Waals surface area contributed by atoms with Gasteiger partial charge in [0.25, 0.3) is 0 Å². The van der Waals surface area contributed by atoms with Crippen LogP contribution in [0.1, 0.15) is 18.9 Å². The van der Waals surface area contributed by atoms with Gasteiger partial charge in [0, 0.05) is 21.4 Å². The molecule has 0 atom stereocenters. The number of nitrogens with one attached hydrogen (secondary N) is 1. The lowest BCUT2D eigenvalue weighted by Crippen LogP contribution is -2.14. The maximum Gasteiger partial charge on any atom is 0.0548 e. The minimum absolute atomic E-state index is 0.743. The molecule has 0 aliphatic carbocycles. The first-order valence-electron chi connectivity index (χ1n) is 6.62. The Bertz CT molecular complexity index is 572. The van der Waals surface area contributed by atoms with Crippen molar-refractivity contribution in [3.8, 4) is 0 Å². The molecule has 1 nitrogen and oxygen atoms in total. The monoisotopic (exact) mass is 325 g/mol. The predicted molar refractivity (Wildman–Crippen MR) is 89.0 cm³/mol. The molecule has 0 heterocycles. The van der Waals surface area contributed by atoms with E-state index in [2.05, 4.69) is 18.3 Å². The van der Waals surface area contributed by atoms with Gasteiger partial charge in [0.1, 0.15) is 0 Å². The van der Waals surface area contributed by atoms with Crippen LogP contribution >= 0.6 is 35.0 Å². The average Bonchev–Trinajstić information content (AvgIpc) is 2.43. The highest BCUT2D eigenvalue weighted by atomic mass is 35.5. The van der Waals surface area contributed by atoms with Crippen LogP contribution in [0.4, 0.5) is 0 Å². The maximum absolute atomic E-state index is 6.35. The second-order valence-corrected chi connectivity index (χ2v) is 6.39. The van der Waals surface area contributed by atoms with Gasteiger partial charge in [-0.3, -0.25) is 0 Å². The summed E-state index contributed by atoms with van der Waals surface area (Å²) in [5.41, 5.74) is 1.22. The van der Waals surface area contributed by atoms with Gasteiger partial charge in [-0.05, 0) is 42.8 Å². The lowest BCUT2D eigenvalue weighted by Gasteiger charge is -2.12. The summed E-state index contributed by atoms with van der Waals surface area (Å²) in [5.74, 6) is 0. The number of hydrogen-bond acceptors (Lipinski definition) is 2. The molecule has 2 rings (SSSR count). The number of rotatable bonds is 6. The molecule has 0 radical (unpaired) electrons. The number of halogens is 2. The van der Waals surface area contributed by atoms with Crippen LogP contribution in [0.5, 0.6) is 0 Å². The molecule has 0 aliphatic heterocycles. The van der Waals surface area contributed by atoms with E-state index in [0.29, 0.717) is 0 Å². The summed E-state index contributed by atoms with van der Waals surface area (Å²) in [7, 11) is 0. The Morgan fingerprint density at radius 1 is 1.10 bits per heavy atom. The molecular formula is C16H17Cl2NS. The van der Waals surface area contributed by atoms with Crippen LogP contribution in [0.3, 0.4) is 0 Å². The maximum atomic E-state index is 6.35. The van der Waals surface area contributed by atoms with Crippen molar-refractivity contribution in [3.05, 3.63) is 58.1 Å². The fourth-order valence-corrected chi connectivity index (χ4v) is 3.43. The predicted octanol–water partition coefficient (Wildman–Crippen LogP) is 5.64. The van der Waals surface area contributed by atoms with E-state index >= 15 is 0 Å². The zero-order chi connectivity index (χ0) is 14.4. The van der Waals surface area contributed by atoms with Crippen molar-refractivity contribution >= 4 is 35.0 Å². The molecule has 0 saturated carbocycles. The van der Waals surface area contributed by atoms with Gasteiger partial charge in [0.15, 0.2) is 0 Å². The minimum atomic E-state index is 0.743. The number of hydrogen-bond donors (Lipinski definition) is 1. The first kappa shape index (κ1) is 15.7. The summed E-state index contributed by atoms with van der Waals surface area (Å²) in [6.07, 6.45) is 1.12. The van der Waals surface area contributed by atoms with E-state index < -0.39 is 0 Å². The largest absolute Gasteiger partial charge is 0.313 e. The van der Waals surface area contributed by atoms with Gasteiger partial charge in [-0.15, -0.1) is 0 Å². The second-order valence-electron chi connectivity index (χ2n) is 4.46. The van der Waals surface area contributed by atoms with Gasteiger partial charge in [-0.2, -0.15) is 0 Å². The molecular weight excluding hydrogens is 309 g/mol. The van der Waals surface area contributed by atoms with Crippen LogP contribution in [-0.2, 0) is 6.54 Å². The van der Waals surface area contributed by atoms with E-state index in [0.717, 1.165) is 39.3 Å². The summed E-state index contributed by atoms with van der Waals surface area (Å²) in [4.78, 5) is 2.20. The van der Waals surface area contributed by atoms with E-state index in [1.165, 1.54) is 5.56 Å². The van der Waals surface area contributed by atoms with Gasteiger partial charge in [0.05, 0.1) is 5.02 Å². The highest BCUT2D eigenvalue weighted by Crippen LogP contribution is 2.36. The summed E-state index contributed by atoms with van der Waals surface area (Å²) in [6.45, 7) is 4.00. The molecule has 0 amide bonds. The topological polar surface area (TPSA) is 12.0 Å². The van der Waals surface area contributed by atoms with Gasteiger partial charge in [0.2, 0.25) is 0 Å². The van der Waals surface area contributed by atoms with E-state index in [-0.39, 0.29) is 0 Å². The molecule has 0 spiro atoms. The lowest BCUT2D eigenvalue weighted by atomic mass is 10.2. The zero-order valence-corrected chi connectivity index (χ0v) is 13.7. The third-order valence-corrected chi connectivity index (χ3v) is 4.64. The zero-order valence-electron chi connectivity index (χ0n) is 11.3. The minimum Gasteiger partial charge on any atom is -0.313 e. The van der Waals surface area contributed by atoms with Crippen molar-refractivity contribution in [2.24, 2.45) is 0 Å². The first-order chi connectivity index (χ1) is 9.70. The van der Waals surface area contributed by atoms with E-state index in [9.17, 15) is 0 Å². The van der Waals surface area contributed by atoms with Crippen LogP contribution in [0.25, 0.3) is 0 Å². The molecule has 20 heavy (non-hydrogen) atoms. The molecule has 0 aliphatic rings. The smallest absolute Gasteiger partial charge is 0.0548 e. The lowest BCUT2D eigenvalue weighted by molar-refractivity contribution is 0.669. The van der Waals surface area contributed by atoms with Crippen molar-refractivity contribution in [2.75, 3.05) is 6.54 Å². The Kier molecular flexibility index (Phi) is 6.24. The quantitative estimate of drug-likeness (QED) is 0.689. The van der Waals surface area contributed by atoms with Crippen LogP contribution in [0, 0.1) is 0 Å². The normalized spacial score (nSPS) is 10.8. The molecule has 1 N–H and O–H groups in total. The Balaban J connectivity index is 2.21. The molecule has 0 aromatic heterocycles. The van der Waals surface area contributed by atoms with Crippen molar-refractivity contribution in [1.82, 2.24) is 5.32 Å². The average molecular weight is 326 g/mol. The van der Waals surface area contributed by atoms with Crippen LogP contribution in [0.15, 0.2) is 52.3 Å². The Hall–Kier alpha value is -0.670. The van der Waals surface area contributed by atoms with Crippen molar-refractivity contribution in [2.45, 2.75) is 29.7 Å². The highest BCUT2D eigenvalue weighted by molar-refractivity contribution is 7.99. The van der Waals surface area contributed by atoms with E-state index in [1.54, 1.807) is 11.8 Å². The molecule has 0 unspecified atom stereocenters.